The number of anilines is 1. The molecule has 0 aromatic carbocycles. The third kappa shape index (κ3) is 4.02. The molecule has 0 bridgehead atoms. The Kier molecular flexibility index (Phi) is 4.61. The zero-order valence-corrected chi connectivity index (χ0v) is 9.98. The zero-order valence-electron chi connectivity index (χ0n) is 7.58. The number of hydrogen-bond acceptors (Lipinski definition) is 5. The SMILES string of the molecule is CCOC(C)CNc1nnc(Br)s1. The molecule has 1 unspecified atom stereocenters. The summed E-state index contributed by atoms with van der Waals surface area (Å²) in [6, 6.07) is 0. The topological polar surface area (TPSA) is 47.0 Å². The first-order chi connectivity index (χ1) is 6.22. The second-order valence-corrected chi connectivity index (χ2v) is 4.76. The average Bonchev–Trinajstić information content (AvgIpc) is 2.49. The summed E-state index contributed by atoms with van der Waals surface area (Å²) in [4.78, 5) is 0. The van der Waals surface area contributed by atoms with Crippen LogP contribution in [-0.2, 0) is 4.74 Å². The molecular formula is C7H12BrN3OS. The maximum atomic E-state index is 5.35. The van der Waals surface area contributed by atoms with Crippen LogP contribution in [0.1, 0.15) is 13.8 Å². The van der Waals surface area contributed by atoms with Crippen molar-refractivity contribution in [2.45, 2.75) is 20.0 Å². The van der Waals surface area contributed by atoms with Crippen molar-refractivity contribution in [1.82, 2.24) is 10.2 Å². The first-order valence-electron chi connectivity index (χ1n) is 4.07. The van der Waals surface area contributed by atoms with Gasteiger partial charge >= 0.3 is 0 Å². The summed E-state index contributed by atoms with van der Waals surface area (Å²) in [5.74, 6) is 0. The van der Waals surface area contributed by atoms with Crippen LogP contribution in [-0.4, -0.2) is 29.5 Å². The van der Waals surface area contributed by atoms with Gasteiger partial charge in [0.2, 0.25) is 5.13 Å². The molecule has 1 aromatic rings. The Balaban J connectivity index is 2.26. The first kappa shape index (κ1) is 10.9. The van der Waals surface area contributed by atoms with Gasteiger partial charge in [-0.15, -0.1) is 10.2 Å². The molecule has 0 saturated carbocycles. The zero-order chi connectivity index (χ0) is 9.68. The van der Waals surface area contributed by atoms with Crippen molar-refractivity contribution in [3.63, 3.8) is 0 Å². The molecule has 6 heteroatoms. The number of nitrogens with one attached hydrogen (secondary N) is 1. The van der Waals surface area contributed by atoms with Crippen LogP contribution in [0.4, 0.5) is 5.13 Å². The predicted octanol–water partition coefficient (Wildman–Crippen LogP) is 2.14. The molecule has 0 aliphatic carbocycles. The minimum Gasteiger partial charge on any atom is -0.377 e. The predicted molar refractivity (Wildman–Crippen MR) is 57.2 cm³/mol. The second-order valence-electron chi connectivity index (χ2n) is 2.51. The number of rotatable bonds is 5. The quantitative estimate of drug-likeness (QED) is 0.887. The van der Waals surface area contributed by atoms with Crippen molar-refractivity contribution in [3.05, 3.63) is 3.92 Å². The van der Waals surface area contributed by atoms with Crippen molar-refractivity contribution < 1.29 is 4.74 Å². The molecule has 0 amide bonds. The van der Waals surface area contributed by atoms with Crippen LogP contribution in [0.25, 0.3) is 0 Å². The van der Waals surface area contributed by atoms with E-state index in [1.807, 2.05) is 13.8 Å². The van der Waals surface area contributed by atoms with Crippen LogP contribution in [0.2, 0.25) is 0 Å². The van der Waals surface area contributed by atoms with E-state index in [9.17, 15) is 0 Å². The molecule has 1 heterocycles. The van der Waals surface area contributed by atoms with E-state index in [0.717, 1.165) is 22.2 Å². The van der Waals surface area contributed by atoms with E-state index in [1.165, 1.54) is 11.3 Å². The summed E-state index contributed by atoms with van der Waals surface area (Å²) in [6.07, 6.45) is 0.202. The monoisotopic (exact) mass is 265 g/mol. The van der Waals surface area contributed by atoms with E-state index >= 15 is 0 Å². The number of ether oxygens (including phenoxy) is 1. The van der Waals surface area contributed by atoms with Crippen molar-refractivity contribution in [2.24, 2.45) is 0 Å². The standard InChI is InChI=1S/C7H12BrN3OS/c1-3-12-5(2)4-9-7-11-10-6(8)13-7/h5H,3-4H2,1-2H3,(H,9,11). The lowest BCUT2D eigenvalue weighted by atomic mass is 10.4. The van der Waals surface area contributed by atoms with Crippen molar-refractivity contribution >= 4 is 32.4 Å². The molecule has 74 valence electrons. The van der Waals surface area contributed by atoms with Gasteiger partial charge in [-0.1, -0.05) is 11.3 Å². The fourth-order valence-corrected chi connectivity index (χ4v) is 1.87. The molecule has 13 heavy (non-hydrogen) atoms. The van der Waals surface area contributed by atoms with Gasteiger partial charge in [-0.3, -0.25) is 0 Å². The lowest BCUT2D eigenvalue weighted by molar-refractivity contribution is 0.0855. The van der Waals surface area contributed by atoms with Crippen LogP contribution in [0, 0.1) is 0 Å². The fourth-order valence-electron chi connectivity index (χ4n) is 0.851. The van der Waals surface area contributed by atoms with E-state index in [0.29, 0.717) is 0 Å². The van der Waals surface area contributed by atoms with Crippen LogP contribution < -0.4 is 5.32 Å². The van der Waals surface area contributed by atoms with Crippen molar-refractivity contribution in [3.8, 4) is 0 Å². The van der Waals surface area contributed by atoms with Gasteiger partial charge in [0.05, 0.1) is 6.10 Å². The third-order valence-electron chi connectivity index (χ3n) is 1.39. The summed E-state index contributed by atoms with van der Waals surface area (Å²) in [5.41, 5.74) is 0. The number of nitrogens with zero attached hydrogens (tertiary/aromatic N) is 2. The third-order valence-corrected chi connectivity index (χ3v) is 2.71. The lowest BCUT2D eigenvalue weighted by Gasteiger charge is -2.10. The maximum absolute atomic E-state index is 5.35. The fraction of sp³-hybridized carbons (Fsp3) is 0.714. The summed E-state index contributed by atoms with van der Waals surface area (Å²) in [7, 11) is 0. The smallest absolute Gasteiger partial charge is 0.206 e. The highest BCUT2D eigenvalue weighted by Gasteiger charge is 2.03. The maximum Gasteiger partial charge on any atom is 0.206 e. The van der Waals surface area contributed by atoms with Gasteiger partial charge in [0.1, 0.15) is 0 Å². The molecule has 4 nitrogen and oxygen atoms in total. The van der Waals surface area contributed by atoms with Crippen molar-refractivity contribution in [2.75, 3.05) is 18.5 Å². The van der Waals surface area contributed by atoms with Gasteiger partial charge in [0, 0.05) is 13.2 Å². The first-order valence-corrected chi connectivity index (χ1v) is 5.67. The van der Waals surface area contributed by atoms with Gasteiger partial charge in [0.15, 0.2) is 3.92 Å². The summed E-state index contributed by atoms with van der Waals surface area (Å²) < 4.78 is 6.14. The minimum atomic E-state index is 0.202. The van der Waals surface area contributed by atoms with Gasteiger partial charge in [-0.05, 0) is 29.8 Å². The highest BCUT2D eigenvalue weighted by Crippen LogP contribution is 2.19. The number of aromatic nitrogens is 2. The summed E-state index contributed by atoms with van der Waals surface area (Å²) >= 11 is 4.72. The van der Waals surface area contributed by atoms with E-state index < -0.39 is 0 Å². The molecule has 1 N–H and O–H groups in total. The van der Waals surface area contributed by atoms with Gasteiger partial charge in [0.25, 0.3) is 0 Å². The lowest BCUT2D eigenvalue weighted by Crippen LogP contribution is -2.19. The van der Waals surface area contributed by atoms with Gasteiger partial charge in [-0.25, -0.2) is 0 Å². The van der Waals surface area contributed by atoms with Crippen molar-refractivity contribution in [1.29, 1.82) is 0 Å². The van der Waals surface area contributed by atoms with Crippen LogP contribution in [0.3, 0.4) is 0 Å². The highest BCUT2D eigenvalue weighted by molar-refractivity contribution is 9.11. The molecule has 0 aliphatic rings. The number of hydrogen-bond donors (Lipinski definition) is 1. The summed E-state index contributed by atoms with van der Waals surface area (Å²) in [6.45, 7) is 5.50. The van der Waals surface area contributed by atoms with Gasteiger partial charge < -0.3 is 10.1 Å². The Labute approximate surface area is 89.8 Å². The Hall–Kier alpha value is -0.200. The van der Waals surface area contributed by atoms with E-state index in [1.54, 1.807) is 0 Å². The molecule has 0 saturated heterocycles. The highest BCUT2D eigenvalue weighted by atomic mass is 79.9. The minimum absolute atomic E-state index is 0.202. The normalized spacial score (nSPS) is 12.8. The number of halogens is 1. The van der Waals surface area contributed by atoms with E-state index in [-0.39, 0.29) is 6.10 Å². The Morgan fingerprint density at radius 2 is 2.38 bits per heavy atom. The largest absolute Gasteiger partial charge is 0.377 e. The molecule has 1 rings (SSSR count). The van der Waals surface area contributed by atoms with Crippen LogP contribution >= 0.6 is 27.3 Å². The van der Waals surface area contributed by atoms with Gasteiger partial charge in [-0.2, -0.15) is 0 Å². The molecule has 0 spiro atoms. The van der Waals surface area contributed by atoms with E-state index in [2.05, 4.69) is 31.4 Å². The van der Waals surface area contributed by atoms with Crippen LogP contribution in [0.15, 0.2) is 3.92 Å². The molecule has 1 atom stereocenters. The second kappa shape index (κ2) is 5.51. The Bertz CT molecular complexity index is 256. The Morgan fingerprint density at radius 3 is 2.92 bits per heavy atom. The molecule has 1 aromatic heterocycles. The van der Waals surface area contributed by atoms with Crippen LogP contribution in [0.5, 0.6) is 0 Å². The average molecular weight is 266 g/mol. The molecular weight excluding hydrogens is 254 g/mol. The molecule has 0 radical (unpaired) electrons. The molecule has 0 aliphatic heterocycles. The molecule has 0 fully saturated rings. The summed E-state index contributed by atoms with van der Waals surface area (Å²) in [5, 5.41) is 11.7. The Morgan fingerprint density at radius 1 is 1.62 bits per heavy atom. The van der Waals surface area contributed by atoms with E-state index in [4.69, 9.17) is 4.74 Å².